The summed E-state index contributed by atoms with van der Waals surface area (Å²) in [5.41, 5.74) is 3.06. The number of hydrogen-bond donors (Lipinski definition) is 0. The first-order valence-corrected chi connectivity index (χ1v) is 5.90. The third-order valence-electron chi connectivity index (χ3n) is 2.85. The van der Waals surface area contributed by atoms with Crippen LogP contribution in [0.5, 0.6) is 5.75 Å². The Hall–Kier alpha value is -1.31. The second-order valence-corrected chi connectivity index (χ2v) is 3.81. The third kappa shape index (κ3) is 2.43. The second-order valence-electron chi connectivity index (χ2n) is 3.81. The van der Waals surface area contributed by atoms with E-state index in [1.165, 1.54) is 0 Å². The fourth-order valence-corrected chi connectivity index (χ4v) is 1.91. The normalized spacial score (nSPS) is 10.2. The standard InChI is InChI=1S/C14H20O2/c1-5-10-8-12(13(15)7-3)9-11(6-2)14(10)16-4/h8-9H,5-7H2,1-4H3. The third-order valence-corrected chi connectivity index (χ3v) is 2.85. The van der Waals surface area contributed by atoms with Gasteiger partial charge in [-0.05, 0) is 36.1 Å². The summed E-state index contributed by atoms with van der Waals surface area (Å²) in [5.74, 6) is 1.14. The zero-order valence-electron chi connectivity index (χ0n) is 10.6. The minimum atomic E-state index is 0.201. The monoisotopic (exact) mass is 220 g/mol. The SMILES string of the molecule is CCC(=O)c1cc(CC)c(OC)c(CC)c1. The van der Waals surface area contributed by atoms with E-state index in [4.69, 9.17) is 4.74 Å². The van der Waals surface area contributed by atoms with Crippen molar-refractivity contribution >= 4 is 5.78 Å². The minimum absolute atomic E-state index is 0.201. The number of carbonyl (C=O) groups is 1. The summed E-state index contributed by atoms with van der Waals surface area (Å²) in [6.07, 6.45) is 2.33. The number of Topliss-reactive ketones (excluding diaryl/α,β-unsaturated/α-hetero) is 1. The molecule has 0 amide bonds. The number of rotatable bonds is 5. The van der Waals surface area contributed by atoms with Crippen molar-refractivity contribution in [3.05, 3.63) is 28.8 Å². The van der Waals surface area contributed by atoms with Gasteiger partial charge in [0, 0.05) is 12.0 Å². The van der Waals surface area contributed by atoms with Gasteiger partial charge in [-0.3, -0.25) is 4.79 Å². The highest BCUT2D eigenvalue weighted by atomic mass is 16.5. The lowest BCUT2D eigenvalue weighted by Crippen LogP contribution is -2.03. The van der Waals surface area contributed by atoms with Crippen LogP contribution >= 0.6 is 0 Å². The molecule has 0 aliphatic heterocycles. The highest BCUT2D eigenvalue weighted by Gasteiger charge is 2.12. The van der Waals surface area contributed by atoms with Crippen LogP contribution in [0.3, 0.4) is 0 Å². The largest absolute Gasteiger partial charge is 0.496 e. The summed E-state index contributed by atoms with van der Waals surface area (Å²) >= 11 is 0. The van der Waals surface area contributed by atoms with Crippen LogP contribution in [0.25, 0.3) is 0 Å². The van der Waals surface area contributed by atoms with Gasteiger partial charge in [0.15, 0.2) is 5.78 Å². The van der Waals surface area contributed by atoms with Gasteiger partial charge in [-0.15, -0.1) is 0 Å². The van der Waals surface area contributed by atoms with Gasteiger partial charge in [-0.1, -0.05) is 20.8 Å². The summed E-state index contributed by atoms with van der Waals surface area (Å²) in [6.45, 7) is 6.05. The van der Waals surface area contributed by atoms with Crippen molar-refractivity contribution in [3.8, 4) is 5.75 Å². The van der Waals surface area contributed by atoms with Crippen molar-refractivity contribution in [3.63, 3.8) is 0 Å². The van der Waals surface area contributed by atoms with Crippen LogP contribution in [0.4, 0.5) is 0 Å². The average molecular weight is 220 g/mol. The van der Waals surface area contributed by atoms with Crippen LogP contribution in [-0.4, -0.2) is 12.9 Å². The molecular formula is C14H20O2. The van der Waals surface area contributed by atoms with E-state index < -0.39 is 0 Å². The molecule has 0 unspecified atom stereocenters. The molecule has 0 fully saturated rings. The molecule has 0 aromatic heterocycles. The Morgan fingerprint density at radius 3 is 1.94 bits per heavy atom. The van der Waals surface area contributed by atoms with Crippen LogP contribution < -0.4 is 4.74 Å². The number of methoxy groups -OCH3 is 1. The molecule has 0 saturated heterocycles. The van der Waals surface area contributed by atoms with Gasteiger partial charge in [-0.25, -0.2) is 0 Å². The molecule has 1 rings (SSSR count). The fourth-order valence-electron chi connectivity index (χ4n) is 1.91. The lowest BCUT2D eigenvalue weighted by atomic mass is 9.97. The molecule has 0 spiro atoms. The summed E-state index contributed by atoms with van der Waals surface area (Å²) in [7, 11) is 1.69. The molecule has 2 nitrogen and oxygen atoms in total. The minimum Gasteiger partial charge on any atom is -0.496 e. The summed E-state index contributed by atoms with van der Waals surface area (Å²) in [5, 5.41) is 0. The Morgan fingerprint density at radius 2 is 1.62 bits per heavy atom. The van der Waals surface area contributed by atoms with E-state index in [1.807, 2.05) is 19.1 Å². The van der Waals surface area contributed by atoms with Crippen molar-refractivity contribution in [1.29, 1.82) is 0 Å². The first-order valence-electron chi connectivity index (χ1n) is 5.90. The maximum Gasteiger partial charge on any atom is 0.162 e. The summed E-state index contributed by atoms with van der Waals surface area (Å²) in [4.78, 5) is 11.7. The van der Waals surface area contributed by atoms with Gasteiger partial charge < -0.3 is 4.74 Å². The van der Waals surface area contributed by atoms with Crippen molar-refractivity contribution in [1.82, 2.24) is 0 Å². The van der Waals surface area contributed by atoms with Crippen LogP contribution in [0.15, 0.2) is 12.1 Å². The molecule has 0 N–H and O–H groups in total. The van der Waals surface area contributed by atoms with Crippen LogP contribution in [0.2, 0.25) is 0 Å². The Balaban J connectivity index is 3.31. The number of ether oxygens (including phenoxy) is 1. The quantitative estimate of drug-likeness (QED) is 0.711. The molecule has 2 heteroatoms. The van der Waals surface area contributed by atoms with Crippen LogP contribution in [0, 0.1) is 0 Å². The maximum absolute atomic E-state index is 11.7. The van der Waals surface area contributed by atoms with Gasteiger partial charge in [-0.2, -0.15) is 0 Å². The number of hydrogen-bond acceptors (Lipinski definition) is 2. The van der Waals surface area contributed by atoms with Gasteiger partial charge in [0.2, 0.25) is 0 Å². The molecular weight excluding hydrogens is 200 g/mol. The highest BCUT2D eigenvalue weighted by Crippen LogP contribution is 2.27. The molecule has 1 aromatic rings. The number of benzene rings is 1. The molecule has 0 aliphatic carbocycles. The van der Waals surface area contributed by atoms with Gasteiger partial charge in [0.1, 0.15) is 5.75 Å². The molecule has 88 valence electrons. The summed E-state index contributed by atoms with van der Waals surface area (Å²) in [6, 6.07) is 3.92. The predicted molar refractivity (Wildman–Crippen MR) is 66.4 cm³/mol. The van der Waals surface area contributed by atoms with Gasteiger partial charge >= 0.3 is 0 Å². The average Bonchev–Trinajstić information content (AvgIpc) is 2.35. The molecule has 0 saturated carbocycles. The highest BCUT2D eigenvalue weighted by molar-refractivity contribution is 5.96. The van der Waals surface area contributed by atoms with Crippen molar-refractivity contribution in [2.24, 2.45) is 0 Å². The number of carbonyl (C=O) groups excluding carboxylic acids is 1. The molecule has 0 atom stereocenters. The first kappa shape index (κ1) is 12.8. The molecule has 16 heavy (non-hydrogen) atoms. The second kappa shape index (κ2) is 5.69. The van der Waals surface area contributed by atoms with Crippen LogP contribution in [0.1, 0.15) is 48.7 Å². The van der Waals surface area contributed by atoms with Crippen molar-refractivity contribution < 1.29 is 9.53 Å². The van der Waals surface area contributed by atoms with Gasteiger partial charge in [0.25, 0.3) is 0 Å². The summed E-state index contributed by atoms with van der Waals surface area (Å²) < 4.78 is 5.42. The zero-order chi connectivity index (χ0) is 12.1. The number of ketones is 1. The Kier molecular flexibility index (Phi) is 4.53. The predicted octanol–water partition coefficient (Wildman–Crippen LogP) is 3.41. The van der Waals surface area contributed by atoms with E-state index in [1.54, 1.807) is 7.11 Å². The molecule has 0 radical (unpaired) electrons. The van der Waals surface area contributed by atoms with E-state index in [0.717, 1.165) is 35.3 Å². The Morgan fingerprint density at radius 1 is 1.12 bits per heavy atom. The first-order chi connectivity index (χ1) is 7.67. The van der Waals surface area contributed by atoms with E-state index in [0.29, 0.717) is 6.42 Å². The molecule has 0 aliphatic rings. The topological polar surface area (TPSA) is 26.3 Å². The lowest BCUT2D eigenvalue weighted by Gasteiger charge is -2.13. The zero-order valence-corrected chi connectivity index (χ0v) is 10.6. The smallest absolute Gasteiger partial charge is 0.162 e. The lowest BCUT2D eigenvalue weighted by molar-refractivity contribution is 0.0988. The maximum atomic E-state index is 11.7. The Bertz CT molecular complexity index is 355. The fraction of sp³-hybridized carbons (Fsp3) is 0.500. The van der Waals surface area contributed by atoms with Gasteiger partial charge in [0.05, 0.1) is 7.11 Å². The van der Waals surface area contributed by atoms with Crippen molar-refractivity contribution in [2.45, 2.75) is 40.0 Å². The molecule has 0 heterocycles. The van der Waals surface area contributed by atoms with E-state index in [2.05, 4.69) is 13.8 Å². The van der Waals surface area contributed by atoms with E-state index in [-0.39, 0.29) is 5.78 Å². The molecule has 1 aromatic carbocycles. The van der Waals surface area contributed by atoms with Crippen LogP contribution in [-0.2, 0) is 12.8 Å². The number of aryl methyl sites for hydroxylation is 2. The molecule has 0 bridgehead atoms. The van der Waals surface area contributed by atoms with E-state index >= 15 is 0 Å². The van der Waals surface area contributed by atoms with Crippen molar-refractivity contribution in [2.75, 3.05) is 7.11 Å². The Labute approximate surface area is 97.6 Å². The van der Waals surface area contributed by atoms with E-state index in [9.17, 15) is 4.79 Å².